The van der Waals surface area contributed by atoms with E-state index >= 15 is 0 Å². The van der Waals surface area contributed by atoms with Crippen LogP contribution in [0.2, 0.25) is 0 Å². The smallest absolute Gasteiger partial charge is 0.110 e. The average Bonchev–Trinajstić information content (AvgIpc) is 2.70. The van der Waals surface area contributed by atoms with Gasteiger partial charge in [-0.15, -0.1) is 0 Å². The standard InChI is InChI=1S/C22H24N2O4/c1-13(24)15-4-2-14(3-5-15)8-18-9-16(6-7-17(18)11-23)20-10-19(26)22(27)21(12-25)28-20/h2-7,9,19-22,24-27H,8,10,12H2,1H3/t19-,20-,21-,22+/m1/s1. The van der Waals surface area contributed by atoms with Crippen molar-refractivity contribution in [3.05, 3.63) is 70.3 Å². The van der Waals surface area contributed by atoms with Gasteiger partial charge in [0.15, 0.2) is 0 Å². The Bertz CT molecular complexity index is 888. The fourth-order valence-electron chi connectivity index (χ4n) is 3.48. The van der Waals surface area contributed by atoms with Crippen LogP contribution < -0.4 is 0 Å². The van der Waals surface area contributed by atoms with Crippen molar-refractivity contribution >= 4 is 5.71 Å². The summed E-state index contributed by atoms with van der Waals surface area (Å²) in [5, 5.41) is 46.5. The summed E-state index contributed by atoms with van der Waals surface area (Å²) < 4.78 is 5.76. The van der Waals surface area contributed by atoms with Crippen LogP contribution in [0.5, 0.6) is 0 Å². The van der Waals surface area contributed by atoms with Crippen molar-refractivity contribution < 1.29 is 20.1 Å². The fourth-order valence-corrected chi connectivity index (χ4v) is 3.48. The van der Waals surface area contributed by atoms with Gasteiger partial charge in [-0.1, -0.05) is 36.4 Å². The van der Waals surface area contributed by atoms with Crippen LogP contribution in [0, 0.1) is 16.7 Å². The largest absolute Gasteiger partial charge is 0.394 e. The van der Waals surface area contributed by atoms with Crippen LogP contribution in [-0.2, 0) is 11.2 Å². The van der Waals surface area contributed by atoms with Gasteiger partial charge in [-0.05, 0) is 41.7 Å². The van der Waals surface area contributed by atoms with Gasteiger partial charge in [0.05, 0.1) is 30.4 Å². The number of hydrogen-bond donors (Lipinski definition) is 4. The van der Waals surface area contributed by atoms with Crippen LogP contribution in [0.4, 0.5) is 0 Å². The SMILES string of the molecule is CC(=N)c1ccc(Cc2cc([C@H]3C[C@@H](O)[C@H](O)[C@@H](CO)O3)ccc2C#N)cc1. The molecule has 146 valence electrons. The lowest BCUT2D eigenvalue weighted by Crippen LogP contribution is -2.47. The molecule has 0 aromatic heterocycles. The fraction of sp³-hybridized carbons (Fsp3) is 0.364. The van der Waals surface area contributed by atoms with E-state index in [1.54, 1.807) is 19.1 Å². The monoisotopic (exact) mass is 380 g/mol. The van der Waals surface area contributed by atoms with E-state index in [9.17, 15) is 20.6 Å². The van der Waals surface area contributed by atoms with E-state index in [0.29, 0.717) is 17.7 Å². The summed E-state index contributed by atoms with van der Waals surface area (Å²) in [6.45, 7) is 1.36. The number of aliphatic hydroxyl groups is 3. The Morgan fingerprint density at radius 2 is 1.93 bits per heavy atom. The van der Waals surface area contributed by atoms with Crippen LogP contribution in [0.25, 0.3) is 0 Å². The minimum atomic E-state index is -1.12. The first kappa shape index (κ1) is 20.2. The molecule has 6 nitrogen and oxygen atoms in total. The Labute approximate surface area is 164 Å². The average molecular weight is 380 g/mol. The molecule has 1 saturated heterocycles. The number of nitrogens with zero attached hydrogens (tertiary/aromatic N) is 1. The zero-order chi connectivity index (χ0) is 20.3. The zero-order valence-corrected chi connectivity index (χ0v) is 15.7. The van der Waals surface area contributed by atoms with Gasteiger partial charge in [-0.3, -0.25) is 0 Å². The molecule has 1 heterocycles. The van der Waals surface area contributed by atoms with E-state index in [1.807, 2.05) is 30.3 Å². The van der Waals surface area contributed by atoms with Crippen molar-refractivity contribution in [2.24, 2.45) is 0 Å². The first-order chi connectivity index (χ1) is 13.4. The number of ether oxygens (including phenoxy) is 1. The normalized spacial score (nSPS) is 24.5. The Hall–Kier alpha value is -2.56. The molecule has 1 aliphatic rings. The number of nitrogens with one attached hydrogen (secondary N) is 1. The van der Waals surface area contributed by atoms with Crippen molar-refractivity contribution in [3.8, 4) is 6.07 Å². The Morgan fingerprint density at radius 1 is 1.21 bits per heavy atom. The van der Waals surface area contributed by atoms with Crippen LogP contribution >= 0.6 is 0 Å². The van der Waals surface area contributed by atoms with Gasteiger partial charge in [-0.25, -0.2) is 0 Å². The van der Waals surface area contributed by atoms with Crippen molar-refractivity contribution in [2.45, 2.75) is 44.2 Å². The van der Waals surface area contributed by atoms with E-state index in [4.69, 9.17) is 10.1 Å². The number of nitriles is 1. The molecule has 4 N–H and O–H groups in total. The third-order valence-electron chi connectivity index (χ3n) is 5.15. The number of benzene rings is 2. The van der Waals surface area contributed by atoms with Crippen LogP contribution in [0.1, 0.15) is 47.3 Å². The highest BCUT2D eigenvalue weighted by atomic mass is 16.5. The molecule has 2 aromatic carbocycles. The predicted octanol–water partition coefficient (Wildman–Crippen LogP) is 2.08. The molecule has 1 fully saturated rings. The van der Waals surface area contributed by atoms with Crippen LogP contribution in [-0.4, -0.2) is 46.0 Å². The second-order valence-corrected chi connectivity index (χ2v) is 7.17. The Morgan fingerprint density at radius 3 is 2.54 bits per heavy atom. The first-order valence-electron chi connectivity index (χ1n) is 9.22. The van der Waals surface area contributed by atoms with E-state index in [-0.39, 0.29) is 13.0 Å². The highest BCUT2D eigenvalue weighted by Gasteiger charge is 2.37. The summed E-state index contributed by atoms with van der Waals surface area (Å²) in [5.74, 6) is 0. The molecular formula is C22H24N2O4. The molecule has 2 aromatic rings. The quantitative estimate of drug-likeness (QED) is 0.593. The summed E-state index contributed by atoms with van der Waals surface area (Å²) in [6.07, 6.45) is -2.64. The van der Waals surface area contributed by atoms with Gasteiger partial charge in [0.1, 0.15) is 12.2 Å². The van der Waals surface area contributed by atoms with Gasteiger partial charge in [0, 0.05) is 12.1 Å². The zero-order valence-electron chi connectivity index (χ0n) is 15.7. The molecule has 0 saturated carbocycles. The molecule has 0 bridgehead atoms. The molecular weight excluding hydrogens is 356 g/mol. The van der Waals surface area contributed by atoms with E-state index < -0.39 is 24.4 Å². The molecule has 28 heavy (non-hydrogen) atoms. The predicted molar refractivity (Wildman–Crippen MR) is 104 cm³/mol. The third-order valence-corrected chi connectivity index (χ3v) is 5.15. The van der Waals surface area contributed by atoms with Gasteiger partial charge in [0.2, 0.25) is 0 Å². The molecule has 6 heteroatoms. The van der Waals surface area contributed by atoms with Crippen molar-refractivity contribution in [1.82, 2.24) is 0 Å². The molecule has 0 unspecified atom stereocenters. The minimum absolute atomic E-state index is 0.219. The van der Waals surface area contributed by atoms with Gasteiger partial charge >= 0.3 is 0 Å². The second kappa shape index (κ2) is 8.63. The molecule has 3 rings (SSSR count). The van der Waals surface area contributed by atoms with Gasteiger partial charge in [0.25, 0.3) is 0 Å². The Kier molecular flexibility index (Phi) is 6.22. The highest BCUT2D eigenvalue weighted by molar-refractivity contribution is 5.96. The van der Waals surface area contributed by atoms with Crippen molar-refractivity contribution in [1.29, 1.82) is 10.7 Å². The number of rotatable bonds is 5. The molecule has 4 atom stereocenters. The lowest BCUT2D eigenvalue weighted by molar-refractivity contribution is -0.181. The van der Waals surface area contributed by atoms with Gasteiger partial charge in [-0.2, -0.15) is 5.26 Å². The summed E-state index contributed by atoms with van der Waals surface area (Å²) in [4.78, 5) is 0. The van der Waals surface area contributed by atoms with E-state index in [1.165, 1.54) is 0 Å². The van der Waals surface area contributed by atoms with E-state index in [2.05, 4.69) is 6.07 Å². The van der Waals surface area contributed by atoms with Crippen LogP contribution in [0.15, 0.2) is 42.5 Å². The Balaban J connectivity index is 1.86. The van der Waals surface area contributed by atoms with E-state index in [0.717, 1.165) is 22.3 Å². The van der Waals surface area contributed by atoms with Gasteiger partial charge < -0.3 is 25.5 Å². The van der Waals surface area contributed by atoms with Crippen molar-refractivity contribution in [2.75, 3.05) is 6.61 Å². The lowest BCUT2D eigenvalue weighted by Gasteiger charge is -2.36. The topological polar surface area (TPSA) is 118 Å². The molecule has 0 spiro atoms. The highest BCUT2D eigenvalue weighted by Crippen LogP contribution is 2.33. The molecule has 0 aliphatic carbocycles. The summed E-state index contributed by atoms with van der Waals surface area (Å²) in [7, 11) is 0. The van der Waals surface area contributed by atoms with Crippen LogP contribution in [0.3, 0.4) is 0 Å². The third kappa shape index (κ3) is 4.29. The lowest BCUT2D eigenvalue weighted by atomic mass is 9.91. The summed E-state index contributed by atoms with van der Waals surface area (Å²) in [6, 6.07) is 15.3. The molecule has 0 radical (unpaired) electrons. The van der Waals surface area contributed by atoms with Crippen molar-refractivity contribution in [3.63, 3.8) is 0 Å². The summed E-state index contributed by atoms with van der Waals surface area (Å²) in [5.41, 5.74) is 4.57. The first-order valence-corrected chi connectivity index (χ1v) is 9.22. The minimum Gasteiger partial charge on any atom is -0.394 e. The maximum absolute atomic E-state index is 10.1. The number of aliphatic hydroxyl groups excluding tert-OH is 3. The summed E-state index contributed by atoms with van der Waals surface area (Å²) >= 11 is 0. The second-order valence-electron chi connectivity index (χ2n) is 7.17. The molecule has 0 amide bonds. The number of hydrogen-bond acceptors (Lipinski definition) is 6. The molecule has 1 aliphatic heterocycles. The maximum atomic E-state index is 10.1. The maximum Gasteiger partial charge on any atom is 0.110 e.